The third-order valence-electron chi connectivity index (χ3n) is 9.22. The lowest BCUT2D eigenvalue weighted by molar-refractivity contribution is -0.438. The number of nitrogens with zero attached hydrogens (tertiary/aromatic N) is 2. The largest absolute Gasteiger partial charge is 0.748 e. The lowest BCUT2D eigenvalue weighted by Gasteiger charge is -2.27. The van der Waals surface area contributed by atoms with Gasteiger partial charge in [-0.1, -0.05) is 61.9 Å². The molecule has 0 amide bonds. The zero-order chi connectivity index (χ0) is 36.2. The minimum absolute atomic E-state index is 0.187. The molecule has 0 radical (unpaired) electrons. The van der Waals surface area contributed by atoms with E-state index >= 15 is 0 Å². The van der Waals surface area contributed by atoms with E-state index in [2.05, 4.69) is 41.5 Å². The molecule has 0 bridgehead atoms. The highest BCUT2D eigenvalue weighted by molar-refractivity contribution is 7.85. The number of allylic oxidation sites excluding steroid dienone is 8. The summed E-state index contributed by atoms with van der Waals surface area (Å²) in [7, 11) is -8.56. The van der Waals surface area contributed by atoms with Crippen molar-refractivity contribution in [3.8, 4) is 0 Å². The molecule has 2 aromatic carbocycles. The van der Waals surface area contributed by atoms with Crippen LogP contribution in [0, 0.1) is 0 Å². The fourth-order valence-corrected chi connectivity index (χ4v) is 7.78. The van der Waals surface area contributed by atoms with Gasteiger partial charge in [0.2, 0.25) is 5.69 Å². The first kappa shape index (κ1) is 38.0. The zero-order valence-electron chi connectivity index (χ0n) is 28.7. The van der Waals surface area contributed by atoms with E-state index in [0.717, 1.165) is 33.9 Å². The van der Waals surface area contributed by atoms with Gasteiger partial charge in [-0.3, -0.25) is 0 Å². The molecule has 0 saturated heterocycles. The lowest BCUT2D eigenvalue weighted by Crippen LogP contribution is -2.28. The van der Waals surface area contributed by atoms with Gasteiger partial charge in [-0.25, -0.2) is 21.6 Å². The first-order valence-electron chi connectivity index (χ1n) is 16.3. The Kier molecular flexibility index (Phi) is 11.6. The number of para-hydroxylation sites is 1. The molecule has 0 spiro atoms. The molecule has 0 fully saturated rings. The van der Waals surface area contributed by atoms with Gasteiger partial charge in [0.1, 0.15) is 6.54 Å². The van der Waals surface area contributed by atoms with Crippen LogP contribution in [-0.2, 0) is 31.1 Å². The molecule has 10 nitrogen and oxygen atoms in total. The van der Waals surface area contributed by atoms with E-state index in [4.69, 9.17) is 0 Å². The van der Waals surface area contributed by atoms with E-state index in [1.54, 1.807) is 18.2 Å². The van der Waals surface area contributed by atoms with Gasteiger partial charge in [0, 0.05) is 59.0 Å². The maximum absolute atomic E-state index is 11.7. The number of anilines is 1. The van der Waals surface area contributed by atoms with Crippen LogP contribution in [0.2, 0.25) is 0 Å². The number of hydrogen-bond acceptors (Lipinski definition) is 8. The molecule has 49 heavy (non-hydrogen) atoms. The average molecular weight is 710 g/mol. The quantitative estimate of drug-likeness (QED) is 0.0991. The molecule has 0 atom stereocenters. The summed E-state index contributed by atoms with van der Waals surface area (Å²) in [5.41, 5.74) is 6.29. The zero-order valence-corrected chi connectivity index (χ0v) is 30.3. The fourth-order valence-electron chi connectivity index (χ4n) is 6.67. The third kappa shape index (κ3) is 9.24. The molecule has 2 heterocycles. The maximum Gasteiger partial charge on any atom is 0.335 e. The Balaban J connectivity index is 1.57. The van der Waals surface area contributed by atoms with Gasteiger partial charge in [0.25, 0.3) is 0 Å². The first-order chi connectivity index (χ1) is 22.8. The van der Waals surface area contributed by atoms with Gasteiger partial charge < -0.3 is 19.1 Å². The van der Waals surface area contributed by atoms with Gasteiger partial charge in [-0.2, -0.15) is 4.58 Å². The van der Waals surface area contributed by atoms with E-state index < -0.39 is 37.4 Å². The first-order valence-corrected chi connectivity index (χ1v) is 19.5. The highest BCUT2D eigenvalue weighted by Crippen LogP contribution is 2.48. The van der Waals surface area contributed by atoms with Crippen LogP contribution in [0.3, 0.4) is 0 Å². The molecule has 264 valence electrons. The lowest BCUT2D eigenvalue weighted by atomic mass is 9.81. The second-order valence-electron chi connectivity index (χ2n) is 13.6. The van der Waals surface area contributed by atoms with Gasteiger partial charge in [-0.15, -0.1) is 0 Å². The predicted octanol–water partition coefficient (Wildman–Crippen LogP) is 6.15. The van der Waals surface area contributed by atoms with E-state index in [1.807, 2.05) is 63.3 Å². The van der Waals surface area contributed by atoms with Crippen LogP contribution >= 0.6 is 0 Å². The van der Waals surface area contributed by atoms with E-state index in [0.29, 0.717) is 32.4 Å². The molecular formula is C37H45N2O8S2-. The SMILES string of the molecule is CC(/C=C/C=C1/N(CCCCS(=O)(=O)[O-])c2ccc(C(=O)O)cc2C1(C)C)=C\C=C\C1=[N+](CCCCS(=O)(=O)[O-])c2ccccc2C1(C)C. The van der Waals surface area contributed by atoms with Crippen LogP contribution in [0.15, 0.2) is 90.2 Å². The second-order valence-corrected chi connectivity index (χ2v) is 16.7. The highest BCUT2D eigenvalue weighted by Gasteiger charge is 2.44. The predicted molar refractivity (Wildman–Crippen MR) is 191 cm³/mol. The van der Waals surface area contributed by atoms with E-state index in [1.165, 1.54) is 5.56 Å². The number of aromatic carboxylic acids is 1. The molecule has 0 unspecified atom stereocenters. The monoisotopic (exact) mass is 709 g/mol. The van der Waals surface area contributed by atoms with E-state index in [9.17, 15) is 35.8 Å². The third-order valence-corrected chi connectivity index (χ3v) is 10.8. The second kappa shape index (κ2) is 15.0. The van der Waals surface area contributed by atoms with Crippen molar-refractivity contribution >= 4 is 43.3 Å². The Hall–Kier alpha value is -3.84. The summed E-state index contributed by atoms with van der Waals surface area (Å²) in [4.78, 5) is 13.8. The summed E-state index contributed by atoms with van der Waals surface area (Å²) in [6.07, 6.45) is 13.5. The topological polar surface area (TPSA) is 158 Å². The summed E-state index contributed by atoms with van der Waals surface area (Å²) in [6.45, 7) is 11.4. The van der Waals surface area contributed by atoms with Crippen molar-refractivity contribution < 1.29 is 40.4 Å². The minimum Gasteiger partial charge on any atom is -0.748 e. The molecule has 2 aliphatic heterocycles. The number of fused-ring (bicyclic) bond motifs is 2. The number of carbonyl (C=O) groups is 1. The molecule has 12 heteroatoms. The molecule has 4 rings (SSSR count). The van der Waals surface area contributed by atoms with Crippen LogP contribution in [0.4, 0.5) is 11.4 Å². The molecule has 0 aromatic heterocycles. The van der Waals surface area contributed by atoms with Crippen molar-refractivity contribution in [1.82, 2.24) is 0 Å². The van der Waals surface area contributed by atoms with Crippen molar-refractivity contribution in [3.05, 3.63) is 107 Å². The molecule has 2 aliphatic rings. The Morgan fingerprint density at radius 2 is 1.53 bits per heavy atom. The Morgan fingerprint density at radius 3 is 2.18 bits per heavy atom. The van der Waals surface area contributed by atoms with Crippen molar-refractivity contribution in [2.24, 2.45) is 0 Å². The normalized spacial score (nSPS) is 18.2. The van der Waals surface area contributed by atoms with Gasteiger partial charge >= 0.3 is 5.97 Å². The van der Waals surface area contributed by atoms with Crippen LogP contribution in [-0.4, -0.2) is 71.9 Å². The molecule has 0 saturated carbocycles. The van der Waals surface area contributed by atoms with Crippen LogP contribution in [0.5, 0.6) is 0 Å². The summed E-state index contributed by atoms with van der Waals surface area (Å²) in [5.74, 6) is -1.83. The summed E-state index contributed by atoms with van der Waals surface area (Å²) >= 11 is 0. The number of unbranched alkanes of at least 4 members (excludes halogenated alkanes) is 2. The summed E-state index contributed by atoms with van der Waals surface area (Å²) in [6, 6.07) is 13.2. The van der Waals surface area contributed by atoms with Gasteiger partial charge in [0.15, 0.2) is 5.71 Å². The van der Waals surface area contributed by atoms with Crippen molar-refractivity contribution in [1.29, 1.82) is 0 Å². The number of carboxylic acids is 1. The van der Waals surface area contributed by atoms with Gasteiger partial charge in [-0.05, 0) is 69.9 Å². The molecule has 2 aromatic rings. The van der Waals surface area contributed by atoms with Crippen LogP contribution in [0.25, 0.3) is 0 Å². The molecule has 1 N–H and O–H groups in total. The number of benzene rings is 2. The minimum atomic E-state index is -4.31. The van der Waals surface area contributed by atoms with Crippen LogP contribution < -0.4 is 4.90 Å². The van der Waals surface area contributed by atoms with Crippen molar-refractivity contribution in [3.63, 3.8) is 0 Å². The van der Waals surface area contributed by atoms with Gasteiger partial charge in [0.05, 0.1) is 31.2 Å². The van der Waals surface area contributed by atoms with E-state index in [-0.39, 0.29) is 23.2 Å². The Bertz CT molecular complexity index is 1970. The maximum atomic E-state index is 11.7. The molecule has 0 aliphatic carbocycles. The molecular weight excluding hydrogens is 665 g/mol. The van der Waals surface area contributed by atoms with Crippen molar-refractivity contribution in [2.45, 2.75) is 71.1 Å². The number of carboxylic acid groups (broad SMARTS) is 1. The average Bonchev–Trinajstić information content (AvgIpc) is 3.35. The summed E-state index contributed by atoms with van der Waals surface area (Å²) < 4.78 is 69.0. The fraction of sp³-hybridized carbons (Fsp3) is 0.405. The number of rotatable bonds is 15. The standard InChI is InChI=1S/C37H46N2O8S2/c1-27(14-12-18-33-36(2,3)29-16-6-7-17-31(29)38(33)22-8-10-24-48(42,43)44)15-13-19-34-37(4,5)30-26-28(35(40)41)20-21-32(30)39(34)23-9-11-25-49(45,46)47/h6-7,12-21,26H,8-11,22-25H2,1-5H3,(H2-,40,41,42,43,44,45,46,47)/p-1. The van der Waals surface area contributed by atoms with Crippen molar-refractivity contribution in [2.75, 3.05) is 29.5 Å². The smallest absolute Gasteiger partial charge is 0.335 e. The van der Waals surface area contributed by atoms with Crippen LogP contribution in [0.1, 0.15) is 81.8 Å². The summed E-state index contributed by atoms with van der Waals surface area (Å²) in [5, 5.41) is 9.60. The Labute approximate surface area is 290 Å². The Morgan fingerprint density at radius 1 is 0.878 bits per heavy atom. The number of hydrogen-bond donors (Lipinski definition) is 1. The highest BCUT2D eigenvalue weighted by atomic mass is 32.2.